The Morgan fingerprint density at radius 1 is 1.38 bits per heavy atom. The average molecular weight is 380 g/mol. The van der Waals surface area contributed by atoms with Crippen LogP contribution in [0.25, 0.3) is 0 Å². The molecule has 1 atom stereocenters. The van der Waals surface area contributed by atoms with Gasteiger partial charge in [0, 0.05) is 36.8 Å². The normalized spacial score (nSPS) is 19.0. The minimum Gasteiger partial charge on any atom is -0.335 e. The molecule has 2 aliphatic rings. The number of benzene rings is 1. The molecule has 138 valence electrons. The van der Waals surface area contributed by atoms with Gasteiger partial charge < -0.3 is 4.90 Å². The molecular formula is C19H20ClF2N3O. The Morgan fingerprint density at radius 2 is 2.15 bits per heavy atom. The fourth-order valence-corrected chi connectivity index (χ4v) is 4.27. The lowest BCUT2D eigenvalue weighted by atomic mass is 10.00. The minimum atomic E-state index is -2.77. The van der Waals surface area contributed by atoms with E-state index >= 15 is 0 Å². The van der Waals surface area contributed by atoms with Crippen molar-refractivity contribution in [1.29, 1.82) is 0 Å². The van der Waals surface area contributed by atoms with Gasteiger partial charge in [-0.15, -0.1) is 0 Å². The molecule has 4 rings (SSSR count). The van der Waals surface area contributed by atoms with Crippen LogP contribution in [0.1, 0.15) is 58.8 Å². The summed E-state index contributed by atoms with van der Waals surface area (Å²) in [5.74, 6) is -0.202. The zero-order valence-electron chi connectivity index (χ0n) is 14.5. The second kappa shape index (κ2) is 6.65. The van der Waals surface area contributed by atoms with Gasteiger partial charge in [-0.2, -0.15) is 5.10 Å². The number of carbonyl (C=O) groups excluding carboxylic acids is 1. The third kappa shape index (κ3) is 3.11. The first-order valence-electron chi connectivity index (χ1n) is 8.85. The number of amides is 1. The van der Waals surface area contributed by atoms with Gasteiger partial charge in [-0.25, -0.2) is 8.78 Å². The first kappa shape index (κ1) is 17.5. The van der Waals surface area contributed by atoms with Crippen LogP contribution in [0.4, 0.5) is 8.78 Å². The monoisotopic (exact) mass is 379 g/mol. The van der Waals surface area contributed by atoms with E-state index in [0.717, 1.165) is 36.3 Å². The van der Waals surface area contributed by atoms with Gasteiger partial charge in [-0.3, -0.25) is 9.48 Å². The summed E-state index contributed by atoms with van der Waals surface area (Å²) in [6, 6.07) is 6.01. The highest BCUT2D eigenvalue weighted by Gasteiger charge is 2.38. The average Bonchev–Trinajstić information content (AvgIpc) is 3.23. The second-order valence-electron chi connectivity index (χ2n) is 7.14. The van der Waals surface area contributed by atoms with E-state index in [1.165, 1.54) is 16.4 Å². The molecule has 1 unspecified atom stereocenters. The fraction of sp³-hybridized carbons (Fsp3) is 0.474. The van der Waals surface area contributed by atoms with Crippen LogP contribution >= 0.6 is 11.6 Å². The molecule has 0 spiro atoms. The fourth-order valence-electron chi connectivity index (χ4n) is 3.92. The maximum Gasteiger partial charge on any atom is 0.282 e. The number of alkyl halides is 2. The zero-order valence-corrected chi connectivity index (χ0v) is 15.2. The van der Waals surface area contributed by atoms with E-state index < -0.39 is 12.1 Å². The number of hydrogen-bond donors (Lipinski definition) is 0. The van der Waals surface area contributed by atoms with Crippen LogP contribution in [0.5, 0.6) is 0 Å². The molecule has 1 fully saturated rings. The quantitative estimate of drug-likeness (QED) is 0.774. The predicted molar refractivity (Wildman–Crippen MR) is 94.7 cm³/mol. The third-order valence-electron chi connectivity index (χ3n) is 5.27. The van der Waals surface area contributed by atoms with E-state index in [2.05, 4.69) is 11.2 Å². The van der Waals surface area contributed by atoms with Crippen molar-refractivity contribution in [3.05, 3.63) is 51.8 Å². The van der Waals surface area contributed by atoms with Gasteiger partial charge in [-0.1, -0.05) is 23.7 Å². The summed E-state index contributed by atoms with van der Waals surface area (Å²) in [4.78, 5) is 14.8. The van der Waals surface area contributed by atoms with Crippen molar-refractivity contribution in [1.82, 2.24) is 14.7 Å². The topological polar surface area (TPSA) is 38.1 Å². The molecule has 1 saturated carbocycles. The Hall–Kier alpha value is -1.95. The first-order valence-corrected chi connectivity index (χ1v) is 9.23. The van der Waals surface area contributed by atoms with Crippen molar-refractivity contribution < 1.29 is 13.6 Å². The summed E-state index contributed by atoms with van der Waals surface area (Å²) >= 11 is 6.39. The molecule has 4 nitrogen and oxygen atoms in total. The van der Waals surface area contributed by atoms with Crippen LogP contribution in [0.15, 0.2) is 24.4 Å². The molecule has 0 aliphatic heterocycles. The van der Waals surface area contributed by atoms with Crippen molar-refractivity contribution in [3.8, 4) is 0 Å². The molecule has 2 aliphatic carbocycles. The van der Waals surface area contributed by atoms with Gasteiger partial charge in [0.25, 0.3) is 12.3 Å². The largest absolute Gasteiger partial charge is 0.335 e. The van der Waals surface area contributed by atoms with Gasteiger partial charge in [0.15, 0.2) is 0 Å². The maximum absolute atomic E-state index is 13.3. The molecule has 1 amide bonds. The minimum absolute atomic E-state index is 0.00628. The molecule has 0 N–H and O–H groups in total. The Labute approximate surface area is 155 Å². The molecule has 26 heavy (non-hydrogen) atoms. The number of aromatic nitrogens is 2. The number of carbonyl (C=O) groups is 1. The van der Waals surface area contributed by atoms with Gasteiger partial charge >= 0.3 is 0 Å². The van der Waals surface area contributed by atoms with Crippen LogP contribution in [0, 0.1) is 0 Å². The molecular weight excluding hydrogens is 360 g/mol. The summed E-state index contributed by atoms with van der Waals surface area (Å²) < 4.78 is 27.8. The maximum atomic E-state index is 13.3. The molecule has 1 heterocycles. The van der Waals surface area contributed by atoms with Crippen LogP contribution in [-0.2, 0) is 13.5 Å². The highest BCUT2D eigenvalue weighted by atomic mass is 35.5. The van der Waals surface area contributed by atoms with Gasteiger partial charge in [0.05, 0.1) is 5.56 Å². The first-order chi connectivity index (χ1) is 12.5. The van der Waals surface area contributed by atoms with Crippen molar-refractivity contribution in [2.75, 3.05) is 6.54 Å². The molecule has 0 radical (unpaired) electrons. The van der Waals surface area contributed by atoms with E-state index in [1.807, 2.05) is 12.1 Å². The van der Waals surface area contributed by atoms with Gasteiger partial charge in [0.2, 0.25) is 0 Å². The van der Waals surface area contributed by atoms with E-state index in [9.17, 15) is 13.6 Å². The summed E-state index contributed by atoms with van der Waals surface area (Å²) in [7, 11) is 1.55. The number of halogens is 3. The lowest BCUT2D eigenvalue weighted by Crippen LogP contribution is -2.36. The number of nitrogens with zero attached hydrogens (tertiary/aromatic N) is 3. The number of hydrogen-bond acceptors (Lipinski definition) is 2. The lowest BCUT2D eigenvalue weighted by Gasteiger charge is -2.26. The van der Waals surface area contributed by atoms with Crippen molar-refractivity contribution in [2.45, 2.75) is 44.1 Å². The Kier molecular flexibility index (Phi) is 4.47. The van der Waals surface area contributed by atoms with E-state index in [-0.39, 0.29) is 23.4 Å². The van der Waals surface area contributed by atoms with E-state index in [1.54, 1.807) is 11.9 Å². The SMILES string of the molecule is Cn1cc(C(=O)N(CC2CCc3cccc(Cl)c32)C2CC2)c(C(F)F)n1. The Balaban J connectivity index is 1.62. The van der Waals surface area contributed by atoms with Gasteiger partial charge in [0.1, 0.15) is 5.69 Å². The molecule has 2 aromatic rings. The summed E-state index contributed by atoms with van der Waals surface area (Å²) in [5, 5.41) is 4.50. The van der Waals surface area contributed by atoms with Crippen LogP contribution < -0.4 is 0 Å². The van der Waals surface area contributed by atoms with Crippen LogP contribution in [0.2, 0.25) is 5.02 Å². The predicted octanol–water partition coefficient (Wildman–Crippen LogP) is 4.35. The van der Waals surface area contributed by atoms with Gasteiger partial charge in [-0.05, 0) is 42.9 Å². The van der Waals surface area contributed by atoms with Crippen LogP contribution in [0.3, 0.4) is 0 Å². The lowest BCUT2D eigenvalue weighted by molar-refractivity contribution is 0.0719. The summed E-state index contributed by atoms with van der Waals surface area (Å²) in [5.41, 5.74) is 1.90. The van der Waals surface area contributed by atoms with E-state index in [0.29, 0.717) is 6.54 Å². The summed E-state index contributed by atoms with van der Waals surface area (Å²) in [6.07, 6.45) is 2.32. The van der Waals surface area contributed by atoms with E-state index in [4.69, 9.17) is 11.6 Å². The van der Waals surface area contributed by atoms with Crippen molar-refractivity contribution >= 4 is 17.5 Å². The van der Waals surface area contributed by atoms with Crippen LogP contribution in [-0.4, -0.2) is 33.2 Å². The Morgan fingerprint density at radius 3 is 2.85 bits per heavy atom. The standard InChI is InChI=1S/C19H20ClF2N3O/c1-24-10-14(17(23-24)18(21)22)19(26)25(13-7-8-13)9-12-6-5-11-3-2-4-15(20)16(11)12/h2-4,10,12-13,18H,5-9H2,1H3. The highest BCUT2D eigenvalue weighted by Crippen LogP contribution is 2.40. The number of rotatable bonds is 5. The van der Waals surface area contributed by atoms with Crippen molar-refractivity contribution in [3.63, 3.8) is 0 Å². The Bertz CT molecular complexity index is 847. The number of aryl methyl sites for hydroxylation is 2. The molecule has 7 heteroatoms. The number of fused-ring (bicyclic) bond motifs is 1. The second-order valence-corrected chi connectivity index (χ2v) is 7.55. The van der Waals surface area contributed by atoms with Crippen molar-refractivity contribution in [2.24, 2.45) is 7.05 Å². The zero-order chi connectivity index (χ0) is 18.4. The molecule has 0 bridgehead atoms. The third-order valence-corrected chi connectivity index (χ3v) is 5.60. The molecule has 1 aromatic carbocycles. The summed E-state index contributed by atoms with van der Waals surface area (Å²) in [6.45, 7) is 0.512. The smallest absolute Gasteiger partial charge is 0.282 e. The molecule has 0 saturated heterocycles. The highest BCUT2D eigenvalue weighted by molar-refractivity contribution is 6.31. The molecule has 1 aromatic heterocycles.